The quantitative estimate of drug-likeness (QED) is 0.857. The molecule has 0 aromatic heterocycles. The Labute approximate surface area is 122 Å². The minimum Gasteiger partial charge on any atom is -0.337 e. The summed E-state index contributed by atoms with van der Waals surface area (Å²) in [6.07, 6.45) is -2.69. The van der Waals surface area contributed by atoms with Gasteiger partial charge in [0.15, 0.2) is 0 Å². The zero-order valence-corrected chi connectivity index (χ0v) is 12.2. The fourth-order valence-corrected chi connectivity index (χ4v) is 2.62. The van der Waals surface area contributed by atoms with Crippen LogP contribution in [0.15, 0.2) is 24.3 Å². The van der Waals surface area contributed by atoms with Crippen LogP contribution < -0.4 is 0 Å². The zero-order chi connectivity index (χ0) is 15.6. The lowest BCUT2D eigenvalue weighted by molar-refractivity contribution is -0.139. The van der Waals surface area contributed by atoms with Gasteiger partial charge in [0.25, 0.3) is 0 Å². The molecule has 1 amide bonds. The Morgan fingerprint density at radius 3 is 2.67 bits per heavy atom. The number of amides is 1. The van der Waals surface area contributed by atoms with Crippen molar-refractivity contribution >= 4 is 5.91 Å². The molecule has 0 bridgehead atoms. The van der Waals surface area contributed by atoms with Crippen molar-refractivity contribution < 1.29 is 18.0 Å². The number of carbonyl (C=O) groups is 1. The number of likely N-dealkylation sites (tertiary alicyclic amines) is 1. The highest BCUT2D eigenvalue weighted by Gasteiger charge is 2.32. The van der Waals surface area contributed by atoms with E-state index in [4.69, 9.17) is 0 Å². The maximum atomic E-state index is 12.7. The minimum absolute atomic E-state index is 0.0105. The van der Waals surface area contributed by atoms with Crippen LogP contribution in [0.2, 0.25) is 0 Å². The number of alkyl halides is 3. The van der Waals surface area contributed by atoms with Crippen LogP contribution in [0.1, 0.15) is 24.0 Å². The first-order chi connectivity index (χ1) is 9.79. The molecular weight excluding hydrogens is 281 g/mol. The van der Waals surface area contributed by atoms with Gasteiger partial charge in [0.05, 0.1) is 11.6 Å². The molecule has 1 saturated heterocycles. The lowest BCUT2D eigenvalue weighted by Gasteiger charge is -2.35. The second-order valence-corrected chi connectivity index (χ2v) is 5.58. The summed E-state index contributed by atoms with van der Waals surface area (Å²) >= 11 is 0. The minimum atomic E-state index is -4.35. The van der Waals surface area contributed by atoms with Gasteiger partial charge in [-0.2, -0.15) is 13.2 Å². The Balaban J connectivity index is 2.13. The number of likely N-dealkylation sites (N-methyl/N-ethyl adjacent to an activating group) is 1. The van der Waals surface area contributed by atoms with Crippen molar-refractivity contribution in [2.75, 3.05) is 20.6 Å². The number of nitrogens with zero attached hydrogens (tertiary/aromatic N) is 2. The van der Waals surface area contributed by atoms with Gasteiger partial charge in [0, 0.05) is 13.1 Å². The molecule has 21 heavy (non-hydrogen) atoms. The first-order valence-electron chi connectivity index (χ1n) is 6.90. The average Bonchev–Trinajstić information content (AvgIpc) is 2.40. The van der Waals surface area contributed by atoms with E-state index >= 15 is 0 Å². The number of rotatable bonds is 3. The third-order valence-electron chi connectivity index (χ3n) is 3.75. The normalized spacial score (nSPS) is 20.2. The van der Waals surface area contributed by atoms with Crippen molar-refractivity contribution in [3.05, 3.63) is 35.4 Å². The molecule has 3 nitrogen and oxygen atoms in total. The summed E-state index contributed by atoms with van der Waals surface area (Å²) in [6.45, 7) is 0.826. The average molecular weight is 300 g/mol. The van der Waals surface area contributed by atoms with E-state index in [2.05, 4.69) is 0 Å². The number of carbonyl (C=O) groups excluding carboxylic acids is 1. The van der Waals surface area contributed by atoms with Crippen molar-refractivity contribution in [1.82, 2.24) is 9.80 Å². The first kappa shape index (κ1) is 15.8. The molecule has 1 fully saturated rings. The van der Waals surface area contributed by atoms with E-state index in [0.717, 1.165) is 25.0 Å². The fourth-order valence-electron chi connectivity index (χ4n) is 2.62. The third-order valence-corrected chi connectivity index (χ3v) is 3.75. The molecule has 1 aromatic carbocycles. The molecule has 1 heterocycles. The van der Waals surface area contributed by atoms with Gasteiger partial charge >= 0.3 is 6.18 Å². The monoisotopic (exact) mass is 300 g/mol. The lowest BCUT2D eigenvalue weighted by Crippen LogP contribution is -2.49. The predicted octanol–water partition coefficient (Wildman–Crippen LogP) is 2.76. The summed E-state index contributed by atoms with van der Waals surface area (Å²) in [5.41, 5.74) is -0.161. The van der Waals surface area contributed by atoms with Gasteiger partial charge in [-0.05, 0) is 44.6 Å². The predicted molar refractivity (Wildman–Crippen MR) is 73.6 cm³/mol. The summed E-state index contributed by atoms with van der Waals surface area (Å²) < 4.78 is 38.1. The standard InChI is InChI=1S/C15H19F3N2O/c1-19(2)13-7-4-8-20(14(13)21)10-11-5-3-6-12(9-11)15(16,17)18/h3,5-6,9,13H,4,7-8,10H2,1-2H3. The van der Waals surface area contributed by atoms with Crippen LogP contribution in [0.3, 0.4) is 0 Å². The number of benzene rings is 1. The van der Waals surface area contributed by atoms with Crippen LogP contribution in [0.5, 0.6) is 0 Å². The van der Waals surface area contributed by atoms with Crippen LogP contribution in [0.4, 0.5) is 13.2 Å². The Kier molecular flexibility index (Phi) is 4.56. The van der Waals surface area contributed by atoms with E-state index in [0.29, 0.717) is 12.1 Å². The largest absolute Gasteiger partial charge is 0.416 e. The molecule has 2 rings (SSSR count). The van der Waals surface area contributed by atoms with Crippen LogP contribution in [0, 0.1) is 0 Å². The summed E-state index contributed by atoms with van der Waals surface area (Å²) in [5, 5.41) is 0. The molecule has 1 aromatic rings. The van der Waals surface area contributed by atoms with E-state index in [-0.39, 0.29) is 18.5 Å². The van der Waals surface area contributed by atoms with Gasteiger partial charge < -0.3 is 4.90 Å². The molecule has 0 radical (unpaired) electrons. The highest BCUT2D eigenvalue weighted by atomic mass is 19.4. The maximum absolute atomic E-state index is 12.7. The van der Waals surface area contributed by atoms with Gasteiger partial charge in [0.1, 0.15) is 0 Å². The summed E-state index contributed by atoms with van der Waals surface area (Å²) in [5.74, 6) is -0.0105. The summed E-state index contributed by atoms with van der Waals surface area (Å²) in [4.78, 5) is 15.8. The number of hydrogen-bond donors (Lipinski definition) is 0. The van der Waals surface area contributed by atoms with Crippen molar-refractivity contribution in [1.29, 1.82) is 0 Å². The molecule has 116 valence electrons. The Hall–Kier alpha value is -1.56. The molecule has 1 atom stereocenters. The van der Waals surface area contributed by atoms with E-state index < -0.39 is 11.7 Å². The second kappa shape index (κ2) is 6.05. The second-order valence-electron chi connectivity index (χ2n) is 5.58. The fraction of sp³-hybridized carbons (Fsp3) is 0.533. The Morgan fingerprint density at radius 1 is 1.33 bits per heavy atom. The van der Waals surface area contributed by atoms with E-state index in [9.17, 15) is 18.0 Å². The van der Waals surface area contributed by atoms with Crippen LogP contribution in [-0.4, -0.2) is 42.4 Å². The summed E-state index contributed by atoms with van der Waals surface area (Å²) in [6, 6.07) is 5.00. The Bertz CT molecular complexity index is 514. The molecule has 0 aliphatic carbocycles. The van der Waals surface area contributed by atoms with Crippen molar-refractivity contribution in [2.45, 2.75) is 31.6 Å². The topological polar surface area (TPSA) is 23.6 Å². The van der Waals surface area contributed by atoms with E-state index in [1.165, 1.54) is 6.07 Å². The number of hydrogen-bond acceptors (Lipinski definition) is 2. The SMILES string of the molecule is CN(C)C1CCCN(Cc2cccc(C(F)(F)F)c2)C1=O. The molecule has 0 spiro atoms. The molecule has 6 heteroatoms. The van der Waals surface area contributed by atoms with Gasteiger partial charge in [-0.15, -0.1) is 0 Å². The van der Waals surface area contributed by atoms with E-state index in [1.54, 1.807) is 11.0 Å². The molecule has 0 saturated carbocycles. The third kappa shape index (κ3) is 3.75. The van der Waals surface area contributed by atoms with Gasteiger partial charge in [-0.3, -0.25) is 9.69 Å². The zero-order valence-electron chi connectivity index (χ0n) is 12.2. The van der Waals surface area contributed by atoms with Crippen molar-refractivity contribution in [3.8, 4) is 0 Å². The Morgan fingerprint density at radius 2 is 2.05 bits per heavy atom. The molecule has 1 aliphatic heterocycles. The van der Waals surface area contributed by atoms with Crippen LogP contribution in [0.25, 0.3) is 0 Å². The van der Waals surface area contributed by atoms with Gasteiger partial charge in [0.2, 0.25) is 5.91 Å². The smallest absolute Gasteiger partial charge is 0.337 e. The van der Waals surface area contributed by atoms with E-state index in [1.807, 2.05) is 19.0 Å². The molecular formula is C15H19F3N2O. The van der Waals surface area contributed by atoms with Crippen LogP contribution in [-0.2, 0) is 17.5 Å². The molecule has 1 unspecified atom stereocenters. The van der Waals surface area contributed by atoms with Crippen molar-refractivity contribution in [3.63, 3.8) is 0 Å². The molecule has 0 N–H and O–H groups in total. The maximum Gasteiger partial charge on any atom is 0.416 e. The number of halogens is 3. The first-order valence-corrected chi connectivity index (χ1v) is 6.90. The highest BCUT2D eigenvalue weighted by Crippen LogP contribution is 2.30. The summed E-state index contributed by atoms with van der Waals surface area (Å²) in [7, 11) is 3.69. The highest BCUT2D eigenvalue weighted by molar-refractivity contribution is 5.82. The van der Waals surface area contributed by atoms with Crippen LogP contribution >= 0.6 is 0 Å². The number of piperidine rings is 1. The molecule has 1 aliphatic rings. The lowest BCUT2D eigenvalue weighted by atomic mass is 10.0. The van der Waals surface area contributed by atoms with Gasteiger partial charge in [-0.25, -0.2) is 0 Å². The van der Waals surface area contributed by atoms with Crippen molar-refractivity contribution in [2.24, 2.45) is 0 Å². The van der Waals surface area contributed by atoms with Gasteiger partial charge in [-0.1, -0.05) is 12.1 Å².